The second-order valence-electron chi connectivity index (χ2n) is 5.93. The molecule has 8 nitrogen and oxygen atoms in total. The van der Waals surface area contributed by atoms with Gasteiger partial charge in [-0.25, -0.2) is 15.8 Å². The van der Waals surface area contributed by atoms with Crippen LogP contribution in [0.3, 0.4) is 0 Å². The Hall–Kier alpha value is -2.61. The maximum Gasteiger partial charge on any atom is 0.158 e. The van der Waals surface area contributed by atoms with Crippen LogP contribution in [-0.4, -0.2) is 29.0 Å². The lowest BCUT2D eigenvalue weighted by Gasteiger charge is -2.21. The van der Waals surface area contributed by atoms with Crippen LogP contribution in [0.25, 0.3) is 10.9 Å². The maximum absolute atomic E-state index is 5.54. The van der Waals surface area contributed by atoms with Crippen LogP contribution in [0.1, 0.15) is 26.7 Å². The van der Waals surface area contributed by atoms with Crippen molar-refractivity contribution in [3.8, 4) is 5.75 Å². The number of hydrazone groups is 1. The molecule has 0 aliphatic carbocycles. The molecule has 0 fully saturated rings. The Labute approximate surface area is 141 Å². The van der Waals surface area contributed by atoms with Gasteiger partial charge in [-0.05, 0) is 30.9 Å². The van der Waals surface area contributed by atoms with E-state index in [9.17, 15) is 0 Å². The van der Waals surface area contributed by atoms with E-state index in [1.165, 1.54) is 6.33 Å². The van der Waals surface area contributed by atoms with Gasteiger partial charge in [0.1, 0.15) is 17.9 Å². The van der Waals surface area contributed by atoms with Gasteiger partial charge in [0, 0.05) is 11.5 Å². The van der Waals surface area contributed by atoms with Crippen molar-refractivity contribution in [2.45, 2.75) is 32.7 Å². The first-order valence-corrected chi connectivity index (χ1v) is 7.88. The minimum Gasteiger partial charge on any atom is -0.497 e. The van der Waals surface area contributed by atoms with Crippen molar-refractivity contribution < 1.29 is 4.74 Å². The number of hydrazine groups is 1. The molecule has 1 aromatic heterocycles. The highest BCUT2D eigenvalue weighted by molar-refractivity contribution is 5.94. The molecule has 0 amide bonds. The zero-order valence-corrected chi connectivity index (χ0v) is 14.3. The number of amidine groups is 1. The fourth-order valence-corrected chi connectivity index (χ4v) is 2.45. The number of benzene rings is 1. The predicted molar refractivity (Wildman–Crippen MR) is 96.5 cm³/mol. The minimum atomic E-state index is -0.164. The summed E-state index contributed by atoms with van der Waals surface area (Å²) in [7, 11) is 1.63. The Balaban J connectivity index is 2.32. The average Bonchev–Trinajstić information content (AvgIpc) is 2.60. The third-order valence-corrected chi connectivity index (χ3v) is 3.80. The van der Waals surface area contributed by atoms with E-state index in [1.807, 2.05) is 18.2 Å². The SMILES string of the molecule is COc1ccc2c(NC(CCC(C)C)/C(=N/N)NN)ncnc2c1. The number of fused-ring (bicyclic) bond motifs is 1. The quantitative estimate of drug-likeness (QED) is 0.263. The van der Waals surface area contributed by atoms with Crippen LogP contribution in [0, 0.1) is 5.92 Å². The first-order chi connectivity index (χ1) is 11.6. The second kappa shape index (κ2) is 8.30. The van der Waals surface area contributed by atoms with E-state index < -0.39 is 0 Å². The van der Waals surface area contributed by atoms with Crippen LogP contribution < -0.4 is 27.2 Å². The van der Waals surface area contributed by atoms with Crippen molar-refractivity contribution >= 4 is 22.6 Å². The molecule has 1 aromatic carbocycles. The monoisotopic (exact) mass is 331 g/mol. The average molecular weight is 331 g/mol. The topological polar surface area (TPSA) is 123 Å². The molecule has 0 saturated heterocycles. The molecule has 0 bridgehead atoms. The van der Waals surface area contributed by atoms with Gasteiger partial charge in [-0.15, -0.1) is 0 Å². The zero-order chi connectivity index (χ0) is 17.5. The van der Waals surface area contributed by atoms with Crippen molar-refractivity contribution in [3.63, 3.8) is 0 Å². The van der Waals surface area contributed by atoms with E-state index in [4.69, 9.17) is 16.4 Å². The van der Waals surface area contributed by atoms with Crippen molar-refractivity contribution in [1.29, 1.82) is 0 Å². The molecular weight excluding hydrogens is 306 g/mol. The minimum absolute atomic E-state index is 0.164. The number of hydrogen-bond acceptors (Lipinski definition) is 7. The van der Waals surface area contributed by atoms with Crippen molar-refractivity contribution in [1.82, 2.24) is 15.4 Å². The lowest BCUT2D eigenvalue weighted by molar-refractivity contribution is 0.415. The van der Waals surface area contributed by atoms with Gasteiger partial charge in [-0.2, -0.15) is 5.10 Å². The van der Waals surface area contributed by atoms with E-state index in [-0.39, 0.29) is 6.04 Å². The van der Waals surface area contributed by atoms with Gasteiger partial charge >= 0.3 is 0 Å². The van der Waals surface area contributed by atoms with E-state index >= 15 is 0 Å². The largest absolute Gasteiger partial charge is 0.497 e. The van der Waals surface area contributed by atoms with Gasteiger partial charge in [0.2, 0.25) is 0 Å². The molecular formula is C16H25N7O. The summed E-state index contributed by atoms with van der Waals surface area (Å²) < 4.78 is 5.24. The van der Waals surface area contributed by atoms with Gasteiger partial charge in [0.05, 0.1) is 18.7 Å². The fourth-order valence-electron chi connectivity index (χ4n) is 2.45. The summed E-state index contributed by atoms with van der Waals surface area (Å²) in [6.07, 6.45) is 3.33. The fraction of sp³-hybridized carbons (Fsp3) is 0.438. The van der Waals surface area contributed by atoms with Gasteiger partial charge in [0.25, 0.3) is 0 Å². The molecule has 2 aromatic rings. The van der Waals surface area contributed by atoms with Gasteiger partial charge in [0.15, 0.2) is 5.84 Å². The molecule has 0 spiro atoms. The highest BCUT2D eigenvalue weighted by Crippen LogP contribution is 2.24. The van der Waals surface area contributed by atoms with Crippen LogP contribution in [0.4, 0.5) is 5.82 Å². The number of methoxy groups -OCH3 is 1. The van der Waals surface area contributed by atoms with Crippen LogP contribution in [0.5, 0.6) is 5.75 Å². The molecule has 0 aliphatic heterocycles. The Bertz CT molecular complexity index is 702. The predicted octanol–water partition coefficient (Wildman–Crippen LogP) is 1.59. The normalized spacial score (nSPS) is 13.1. The third kappa shape index (κ3) is 4.23. The van der Waals surface area contributed by atoms with Crippen molar-refractivity contribution in [2.24, 2.45) is 22.7 Å². The lowest BCUT2D eigenvalue weighted by Crippen LogP contribution is -2.44. The molecule has 1 unspecified atom stereocenters. The van der Waals surface area contributed by atoms with Crippen LogP contribution in [0.2, 0.25) is 0 Å². The van der Waals surface area contributed by atoms with Crippen LogP contribution in [0.15, 0.2) is 29.6 Å². The summed E-state index contributed by atoms with van der Waals surface area (Å²) in [6, 6.07) is 5.50. The molecule has 2 rings (SSSR count). The Morgan fingerprint density at radius 2 is 2.08 bits per heavy atom. The van der Waals surface area contributed by atoms with Gasteiger partial charge in [-0.1, -0.05) is 13.8 Å². The van der Waals surface area contributed by atoms with E-state index in [0.717, 1.165) is 29.5 Å². The number of nitrogens with two attached hydrogens (primary N) is 2. The number of hydrogen-bond donors (Lipinski definition) is 4. The highest BCUT2D eigenvalue weighted by atomic mass is 16.5. The zero-order valence-electron chi connectivity index (χ0n) is 14.3. The molecule has 8 heteroatoms. The molecule has 0 aliphatic rings. The van der Waals surface area contributed by atoms with Crippen molar-refractivity contribution in [2.75, 3.05) is 12.4 Å². The standard InChI is InChI=1S/C16H25N7O/c1-10(2)4-7-13(16(22-17)23-18)21-15-12-6-5-11(24-3)8-14(12)19-9-20-15/h5-6,8-10,13H,4,7,17-18H2,1-3H3,(H,22,23)(H,19,20,21). The first-order valence-electron chi connectivity index (χ1n) is 7.88. The van der Waals surface area contributed by atoms with Crippen molar-refractivity contribution in [3.05, 3.63) is 24.5 Å². The summed E-state index contributed by atoms with van der Waals surface area (Å²) in [5.74, 6) is 13.5. The molecule has 24 heavy (non-hydrogen) atoms. The number of rotatable bonds is 7. The molecule has 1 heterocycles. The van der Waals surface area contributed by atoms with E-state index in [0.29, 0.717) is 17.6 Å². The van der Waals surface area contributed by atoms with Gasteiger partial charge in [-0.3, -0.25) is 0 Å². The molecule has 0 radical (unpaired) electrons. The second-order valence-corrected chi connectivity index (χ2v) is 5.93. The van der Waals surface area contributed by atoms with E-state index in [2.05, 4.69) is 39.7 Å². The Morgan fingerprint density at radius 3 is 2.71 bits per heavy atom. The Morgan fingerprint density at radius 1 is 1.29 bits per heavy atom. The number of anilines is 1. The molecule has 0 saturated carbocycles. The summed E-state index contributed by atoms with van der Waals surface area (Å²) >= 11 is 0. The number of nitrogens with one attached hydrogen (secondary N) is 2. The number of nitrogens with zero attached hydrogens (tertiary/aromatic N) is 3. The summed E-state index contributed by atoms with van der Waals surface area (Å²) in [6.45, 7) is 4.33. The van der Waals surface area contributed by atoms with E-state index in [1.54, 1.807) is 7.11 Å². The maximum atomic E-state index is 5.54. The summed E-state index contributed by atoms with van der Waals surface area (Å²) in [5.41, 5.74) is 3.35. The molecule has 1 atom stereocenters. The third-order valence-electron chi connectivity index (χ3n) is 3.80. The molecule has 130 valence electrons. The smallest absolute Gasteiger partial charge is 0.158 e. The van der Waals surface area contributed by atoms with Gasteiger partial charge < -0.3 is 21.3 Å². The lowest BCUT2D eigenvalue weighted by atomic mass is 10.0. The van der Waals surface area contributed by atoms with Crippen LogP contribution >= 0.6 is 0 Å². The summed E-state index contributed by atoms with van der Waals surface area (Å²) in [4.78, 5) is 8.64. The number of aromatic nitrogens is 2. The van der Waals surface area contributed by atoms with Crippen LogP contribution in [-0.2, 0) is 0 Å². The highest BCUT2D eigenvalue weighted by Gasteiger charge is 2.18. The summed E-state index contributed by atoms with van der Waals surface area (Å²) in [5, 5.41) is 8.00. The molecule has 6 N–H and O–H groups in total. The first kappa shape index (κ1) is 17.7. The Kier molecular flexibility index (Phi) is 6.14. The number of ether oxygens (including phenoxy) is 1.